The number of carboxylic acids is 1. The number of nitrogens with zero attached hydrogens (tertiary/aromatic N) is 1. The van der Waals surface area contributed by atoms with Gasteiger partial charge in [-0.25, -0.2) is 13.2 Å². The molecule has 0 atom stereocenters. The highest BCUT2D eigenvalue weighted by molar-refractivity contribution is 7.91. The van der Waals surface area contributed by atoms with Crippen molar-refractivity contribution in [3.8, 4) is 0 Å². The van der Waals surface area contributed by atoms with E-state index in [1.165, 1.54) is 28.6 Å². The highest BCUT2D eigenvalue weighted by atomic mass is 35.5. The van der Waals surface area contributed by atoms with Crippen LogP contribution in [0, 0.1) is 0 Å². The normalized spacial score (nSPS) is 17.7. The summed E-state index contributed by atoms with van der Waals surface area (Å²) in [5, 5.41) is 9.04. The fourth-order valence-corrected chi connectivity index (χ4v) is 5.94. The van der Waals surface area contributed by atoms with E-state index < -0.39 is 27.8 Å². The molecule has 0 bridgehead atoms. The van der Waals surface area contributed by atoms with Crippen molar-refractivity contribution >= 4 is 38.9 Å². The molecule has 0 unspecified atom stereocenters. The maximum absolute atomic E-state index is 13.3. The van der Waals surface area contributed by atoms with Gasteiger partial charge in [-0.1, -0.05) is 23.7 Å². The smallest absolute Gasteiger partial charge is 0.335 e. The molecule has 0 aliphatic carbocycles. The van der Waals surface area contributed by atoms with Crippen LogP contribution in [-0.4, -0.2) is 48.8 Å². The molecular weight excluding hydrogens is 426 g/mol. The first-order chi connectivity index (χ1) is 13.1. The molecular formula is C18H20ClNO6S2. The van der Waals surface area contributed by atoms with Crippen molar-refractivity contribution in [2.75, 3.05) is 13.2 Å². The Labute approximate surface area is 172 Å². The molecule has 152 valence electrons. The fourth-order valence-electron chi connectivity index (χ4n) is 2.74. The molecule has 0 radical (unpaired) electrons. The highest BCUT2D eigenvalue weighted by Crippen LogP contribution is 2.32. The van der Waals surface area contributed by atoms with Crippen LogP contribution in [0.5, 0.6) is 0 Å². The Hall–Kier alpha value is -1.49. The molecule has 0 amide bonds. The molecule has 28 heavy (non-hydrogen) atoms. The SMILES string of the molecule is CC1(C)OCC(N(Cc2ccc(C(=O)O)cc2)S(=O)(=O)c2ccc(Cl)s2)CO1. The van der Waals surface area contributed by atoms with Crippen LogP contribution in [-0.2, 0) is 26.0 Å². The predicted molar refractivity (Wildman–Crippen MR) is 105 cm³/mol. The first-order valence-corrected chi connectivity index (χ1v) is 11.1. The van der Waals surface area contributed by atoms with Crippen LogP contribution < -0.4 is 0 Å². The molecule has 1 aromatic carbocycles. The lowest BCUT2D eigenvalue weighted by atomic mass is 10.1. The summed E-state index contributed by atoms with van der Waals surface area (Å²) < 4.78 is 39.7. The number of aromatic carboxylic acids is 1. The number of rotatable bonds is 6. The maximum atomic E-state index is 13.3. The number of ether oxygens (including phenoxy) is 2. The molecule has 1 aliphatic rings. The summed E-state index contributed by atoms with van der Waals surface area (Å²) in [6.45, 7) is 3.95. The Bertz CT molecular complexity index is 945. The second kappa shape index (κ2) is 8.10. The number of carboxylic acid groups (broad SMARTS) is 1. The lowest BCUT2D eigenvalue weighted by molar-refractivity contribution is -0.259. The zero-order valence-corrected chi connectivity index (χ0v) is 17.7. The molecule has 10 heteroatoms. The van der Waals surface area contributed by atoms with Crippen molar-refractivity contribution in [1.82, 2.24) is 4.31 Å². The number of benzene rings is 1. The molecule has 7 nitrogen and oxygen atoms in total. The zero-order chi connectivity index (χ0) is 20.5. The summed E-state index contributed by atoms with van der Waals surface area (Å²) in [5.41, 5.74) is 0.787. The average molecular weight is 446 g/mol. The molecule has 2 aromatic rings. The van der Waals surface area contributed by atoms with Crippen LogP contribution in [0.2, 0.25) is 4.34 Å². The van der Waals surface area contributed by atoms with Crippen molar-refractivity contribution in [3.63, 3.8) is 0 Å². The first-order valence-electron chi connectivity index (χ1n) is 8.46. The number of hydrogen-bond acceptors (Lipinski definition) is 6. The standard InChI is InChI=1S/C18H20ClNO6S2/c1-18(2)25-10-14(11-26-18)20(28(23,24)16-8-7-15(19)27-16)9-12-3-5-13(6-4-12)17(21)22/h3-8,14H,9-11H2,1-2H3,(H,21,22). The zero-order valence-electron chi connectivity index (χ0n) is 15.3. The van der Waals surface area contributed by atoms with Gasteiger partial charge < -0.3 is 14.6 Å². The third kappa shape index (κ3) is 4.73. The van der Waals surface area contributed by atoms with E-state index in [-0.39, 0.29) is 29.5 Å². The Morgan fingerprint density at radius 1 is 1.21 bits per heavy atom. The van der Waals surface area contributed by atoms with Gasteiger partial charge in [0.2, 0.25) is 0 Å². The van der Waals surface area contributed by atoms with Gasteiger partial charge in [-0.05, 0) is 43.7 Å². The van der Waals surface area contributed by atoms with Gasteiger partial charge in [0.1, 0.15) is 4.21 Å². The highest BCUT2D eigenvalue weighted by Gasteiger charge is 2.38. The minimum atomic E-state index is -3.85. The van der Waals surface area contributed by atoms with Gasteiger partial charge in [0.15, 0.2) is 5.79 Å². The lowest BCUT2D eigenvalue weighted by Gasteiger charge is -2.39. The third-order valence-corrected chi connectivity index (χ3v) is 7.90. The van der Waals surface area contributed by atoms with Crippen LogP contribution in [0.1, 0.15) is 29.8 Å². The van der Waals surface area contributed by atoms with Crippen molar-refractivity contribution in [1.29, 1.82) is 0 Å². The van der Waals surface area contributed by atoms with Crippen molar-refractivity contribution in [2.24, 2.45) is 0 Å². The average Bonchev–Trinajstić information content (AvgIpc) is 3.08. The molecule has 0 spiro atoms. The summed E-state index contributed by atoms with van der Waals surface area (Å²) in [5.74, 6) is -1.82. The van der Waals surface area contributed by atoms with Crippen molar-refractivity contribution < 1.29 is 27.8 Å². The predicted octanol–water partition coefficient (Wildman–Crippen LogP) is 3.44. The summed E-state index contributed by atoms with van der Waals surface area (Å²) in [7, 11) is -3.85. The minimum absolute atomic E-state index is 0.0512. The summed E-state index contributed by atoms with van der Waals surface area (Å²) in [6, 6.07) is 8.57. The molecule has 1 aromatic heterocycles. The quantitative estimate of drug-likeness (QED) is 0.732. The molecule has 1 N–H and O–H groups in total. The number of carbonyl (C=O) groups is 1. The maximum Gasteiger partial charge on any atom is 0.335 e. The largest absolute Gasteiger partial charge is 0.478 e. The van der Waals surface area contributed by atoms with Crippen LogP contribution in [0.25, 0.3) is 0 Å². The fraction of sp³-hybridized carbons (Fsp3) is 0.389. The molecule has 1 aliphatic heterocycles. The number of halogens is 1. The monoisotopic (exact) mass is 445 g/mol. The van der Waals surface area contributed by atoms with E-state index in [4.69, 9.17) is 26.2 Å². The molecule has 3 rings (SSSR count). The van der Waals surface area contributed by atoms with Gasteiger partial charge in [0.05, 0.1) is 29.2 Å². The molecule has 1 saturated heterocycles. The number of hydrogen-bond donors (Lipinski definition) is 1. The van der Waals surface area contributed by atoms with E-state index in [0.29, 0.717) is 9.90 Å². The molecule has 2 heterocycles. The Morgan fingerprint density at radius 2 is 1.82 bits per heavy atom. The van der Waals surface area contributed by atoms with Crippen molar-refractivity contribution in [3.05, 3.63) is 51.9 Å². The van der Waals surface area contributed by atoms with E-state index in [1.807, 2.05) is 0 Å². The number of sulfonamides is 1. The summed E-state index contributed by atoms with van der Waals surface area (Å²) >= 11 is 6.91. The first kappa shape index (κ1) is 21.2. The summed E-state index contributed by atoms with van der Waals surface area (Å²) in [6.07, 6.45) is 0. The van der Waals surface area contributed by atoms with Gasteiger partial charge >= 0.3 is 5.97 Å². The van der Waals surface area contributed by atoms with E-state index in [1.54, 1.807) is 26.0 Å². The summed E-state index contributed by atoms with van der Waals surface area (Å²) in [4.78, 5) is 11.0. The van der Waals surface area contributed by atoms with Gasteiger partial charge in [-0.15, -0.1) is 11.3 Å². The van der Waals surface area contributed by atoms with Crippen LogP contribution >= 0.6 is 22.9 Å². The van der Waals surface area contributed by atoms with E-state index in [9.17, 15) is 13.2 Å². The number of thiophene rings is 1. The van der Waals surface area contributed by atoms with Gasteiger partial charge in [-0.2, -0.15) is 4.31 Å². The van der Waals surface area contributed by atoms with Gasteiger partial charge in [0.25, 0.3) is 10.0 Å². The second-order valence-corrected chi connectivity index (χ2v) is 10.6. The van der Waals surface area contributed by atoms with E-state index in [2.05, 4.69) is 0 Å². The van der Waals surface area contributed by atoms with Crippen LogP contribution in [0.4, 0.5) is 0 Å². The van der Waals surface area contributed by atoms with Crippen molar-refractivity contribution in [2.45, 2.75) is 36.4 Å². The molecule has 1 fully saturated rings. The second-order valence-electron chi connectivity index (χ2n) is 6.79. The Kier molecular flexibility index (Phi) is 6.14. The Morgan fingerprint density at radius 3 is 2.32 bits per heavy atom. The van der Waals surface area contributed by atoms with E-state index >= 15 is 0 Å². The van der Waals surface area contributed by atoms with Gasteiger partial charge in [0, 0.05) is 6.54 Å². The minimum Gasteiger partial charge on any atom is -0.478 e. The lowest BCUT2D eigenvalue weighted by Crippen LogP contribution is -2.51. The van der Waals surface area contributed by atoms with E-state index in [0.717, 1.165) is 11.3 Å². The Balaban J connectivity index is 1.91. The van der Waals surface area contributed by atoms with Crippen LogP contribution in [0.3, 0.4) is 0 Å². The molecule has 0 saturated carbocycles. The topological polar surface area (TPSA) is 93.1 Å². The van der Waals surface area contributed by atoms with Gasteiger partial charge in [-0.3, -0.25) is 0 Å². The van der Waals surface area contributed by atoms with Crippen LogP contribution in [0.15, 0.2) is 40.6 Å². The third-order valence-electron chi connectivity index (χ3n) is 4.30.